The smallest absolute Gasteiger partial charge is 0.264 e. The van der Waals surface area contributed by atoms with Gasteiger partial charge in [0, 0.05) is 0 Å². The molecule has 2 aromatic rings. The molecule has 0 saturated heterocycles. The van der Waals surface area contributed by atoms with Gasteiger partial charge in [-0.3, -0.25) is 4.72 Å². The average Bonchev–Trinajstić information content (AvgIpc) is 2.40. The Morgan fingerprint density at radius 3 is 2.18 bits per heavy atom. The molecule has 0 aliphatic carbocycles. The molecule has 6 nitrogen and oxygen atoms in total. The molecule has 0 fully saturated rings. The van der Waals surface area contributed by atoms with Crippen LogP contribution in [0.15, 0.2) is 52.3 Å². The fraction of sp³-hybridized carbons (Fsp3) is 0. The number of benzene rings is 2. The predicted octanol–water partition coefficient (Wildman–Crippen LogP) is 1.93. The van der Waals surface area contributed by atoms with Gasteiger partial charge in [-0.2, -0.15) is 0 Å². The third kappa shape index (κ3) is 3.38. The topological polar surface area (TPSA) is 106 Å². The van der Waals surface area contributed by atoms with E-state index >= 15 is 0 Å². The van der Waals surface area contributed by atoms with Crippen molar-refractivity contribution in [2.45, 2.75) is 9.79 Å². The first-order chi connectivity index (χ1) is 10.1. The van der Waals surface area contributed by atoms with Crippen molar-refractivity contribution >= 4 is 37.3 Å². The van der Waals surface area contributed by atoms with E-state index in [-0.39, 0.29) is 10.7 Å². The fourth-order valence-corrected chi connectivity index (χ4v) is 3.86. The molecule has 0 bridgehead atoms. The maximum atomic E-state index is 13.8. The number of rotatable bonds is 4. The lowest BCUT2D eigenvalue weighted by atomic mass is 10.3. The highest BCUT2D eigenvalue weighted by atomic mass is 35.5. The van der Waals surface area contributed by atoms with Crippen molar-refractivity contribution in [2.75, 3.05) is 4.72 Å². The summed E-state index contributed by atoms with van der Waals surface area (Å²) in [5.74, 6) is -1.13. The summed E-state index contributed by atoms with van der Waals surface area (Å²) in [6, 6.07) is 8.54. The minimum Gasteiger partial charge on any atom is -0.278 e. The van der Waals surface area contributed by atoms with Crippen LogP contribution in [0.5, 0.6) is 0 Å². The number of hydrogen-bond donors (Lipinski definition) is 2. The first kappa shape index (κ1) is 16.7. The molecule has 2 rings (SSSR count). The van der Waals surface area contributed by atoms with Crippen molar-refractivity contribution < 1.29 is 21.2 Å². The Bertz CT molecular complexity index is 930. The van der Waals surface area contributed by atoms with E-state index in [4.69, 9.17) is 16.7 Å². The first-order valence-electron chi connectivity index (χ1n) is 5.71. The van der Waals surface area contributed by atoms with E-state index < -0.39 is 35.7 Å². The molecule has 0 atom stereocenters. The van der Waals surface area contributed by atoms with Crippen molar-refractivity contribution in [2.24, 2.45) is 5.14 Å². The zero-order valence-corrected chi connectivity index (χ0v) is 13.2. The van der Waals surface area contributed by atoms with Gasteiger partial charge >= 0.3 is 0 Å². The lowest BCUT2D eigenvalue weighted by Crippen LogP contribution is -2.19. The molecule has 0 spiro atoms. The van der Waals surface area contributed by atoms with Crippen molar-refractivity contribution in [3.8, 4) is 0 Å². The van der Waals surface area contributed by atoms with Crippen LogP contribution in [0.1, 0.15) is 0 Å². The summed E-state index contributed by atoms with van der Waals surface area (Å²) < 4.78 is 63.1. The summed E-state index contributed by atoms with van der Waals surface area (Å²) in [6.07, 6.45) is 0. The normalized spacial score (nSPS) is 12.1. The molecule has 0 radical (unpaired) electrons. The highest BCUT2D eigenvalue weighted by Gasteiger charge is 2.23. The second kappa shape index (κ2) is 5.84. The van der Waals surface area contributed by atoms with Crippen molar-refractivity contribution in [3.05, 3.63) is 53.3 Å². The van der Waals surface area contributed by atoms with E-state index in [1.807, 2.05) is 4.72 Å². The summed E-state index contributed by atoms with van der Waals surface area (Å²) in [4.78, 5) is -1.13. The van der Waals surface area contributed by atoms with Gasteiger partial charge in [0.1, 0.15) is 9.79 Å². The van der Waals surface area contributed by atoms with Crippen LogP contribution >= 0.6 is 11.6 Å². The zero-order valence-electron chi connectivity index (χ0n) is 10.8. The van der Waals surface area contributed by atoms with Crippen LogP contribution in [0.4, 0.5) is 10.1 Å². The Morgan fingerprint density at radius 2 is 1.55 bits per heavy atom. The molecular formula is C12H10ClFN2O4S2. The van der Waals surface area contributed by atoms with Gasteiger partial charge in [0.25, 0.3) is 10.0 Å². The Balaban J connectivity index is 2.54. The number of hydrogen-bond acceptors (Lipinski definition) is 4. The van der Waals surface area contributed by atoms with Gasteiger partial charge in [-0.25, -0.2) is 26.4 Å². The van der Waals surface area contributed by atoms with Gasteiger partial charge in [0.2, 0.25) is 10.0 Å². The lowest BCUT2D eigenvalue weighted by molar-refractivity contribution is 0.570. The highest BCUT2D eigenvalue weighted by molar-refractivity contribution is 7.93. The number of nitrogens with two attached hydrogens (primary N) is 1. The van der Waals surface area contributed by atoms with Crippen LogP contribution in [0.25, 0.3) is 0 Å². The van der Waals surface area contributed by atoms with Crippen LogP contribution < -0.4 is 9.86 Å². The Hall–Kier alpha value is -1.68. The Labute approximate surface area is 131 Å². The lowest BCUT2D eigenvalue weighted by Gasteiger charge is -2.12. The highest BCUT2D eigenvalue weighted by Crippen LogP contribution is 2.26. The summed E-state index contributed by atoms with van der Waals surface area (Å²) in [7, 11) is -8.53. The minimum atomic E-state index is -4.38. The minimum absolute atomic E-state index is 0.288. The maximum absolute atomic E-state index is 13.8. The Kier molecular flexibility index (Phi) is 4.43. The average molecular weight is 365 g/mol. The van der Waals surface area contributed by atoms with E-state index in [1.165, 1.54) is 30.3 Å². The molecule has 0 amide bonds. The molecule has 0 aliphatic rings. The molecule has 0 aromatic heterocycles. The van der Waals surface area contributed by atoms with Gasteiger partial charge < -0.3 is 0 Å². The SMILES string of the molecule is NS(=O)(=O)c1ccccc1NS(=O)(=O)c1cccc(Cl)c1F. The van der Waals surface area contributed by atoms with Crippen molar-refractivity contribution in [1.29, 1.82) is 0 Å². The molecule has 22 heavy (non-hydrogen) atoms. The summed E-state index contributed by atoms with van der Waals surface area (Å²) in [6.45, 7) is 0. The van der Waals surface area contributed by atoms with Gasteiger partial charge in [0.15, 0.2) is 5.82 Å². The van der Waals surface area contributed by atoms with Gasteiger partial charge in [-0.1, -0.05) is 29.8 Å². The number of anilines is 1. The maximum Gasteiger partial charge on any atom is 0.264 e. The van der Waals surface area contributed by atoms with Crippen LogP contribution in [-0.2, 0) is 20.0 Å². The summed E-state index contributed by atoms with van der Waals surface area (Å²) in [5.41, 5.74) is -0.288. The monoisotopic (exact) mass is 364 g/mol. The van der Waals surface area contributed by atoms with E-state index in [0.717, 1.165) is 12.1 Å². The number of nitrogens with one attached hydrogen (secondary N) is 1. The number of halogens is 2. The Morgan fingerprint density at radius 1 is 0.955 bits per heavy atom. The standard InChI is InChI=1S/C12H10ClFN2O4S2/c13-8-4-3-7-11(12(8)14)22(19,20)16-9-5-1-2-6-10(9)21(15,17)18/h1-7,16H,(H2,15,17,18). The molecular weight excluding hydrogens is 355 g/mol. The molecule has 0 heterocycles. The number of primary sulfonamides is 1. The van der Waals surface area contributed by atoms with E-state index in [2.05, 4.69) is 0 Å². The predicted molar refractivity (Wildman–Crippen MR) is 80.0 cm³/mol. The second-order valence-corrected chi connectivity index (χ2v) is 7.79. The third-order valence-corrected chi connectivity index (χ3v) is 5.29. The number of sulfonamides is 2. The molecule has 118 valence electrons. The molecule has 0 aliphatic heterocycles. The molecule has 2 aromatic carbocycles. The summed E-state index contributed by atoms with van der Waals surface area (Å²) >= 11 is 5.54. The zero-order chi connectivity index (χ0) is 16.5. The molecule has 0 unspecified atom stereocenters. The van der Waals surface area contributed by atoms with E-state index in [0.29, 0.717) is 0 Å². The van der Waals surface area contributed by atoms with Crippen molar-refractivity contribution in [1.82, 2.24) is 0 Å². The molecule has 10 heteroatoms. The molecule has 3 N–H and O–H groups in total. The first-order valence-corrected chi connectivity index (χ1v) is 9.12. The van der Waals surface area contributed by atoms with Crippen LogP contribution in [0.3, 0.4) is 0 Å². The second-order valence-electron chi connectivity index (χ2n) is 4.20. The fourth-order valence-electron chi connectivity index (χ4n) is 1.69. The van der Waals surface area contributed by atoms with Gasteiger partial charge in [-0.05, 0) is 24.3 Å². The summed E-state index contributed by atoms with van der Waals surface area (Å²) in [5, 5.41) is 4.64. The third-order valence-electron chi connectivity index (χ3n) is 2.64. The number of para-hydroxylation sites is 1. The van der Waals surface area contributed by atoms with E-state index in [1.54, 1.807) is 0 Å². The molecule has 0 saturated carbocycles. The van der Waals surface area contributed by atoms with Crippen molar-refractivity contribution in [3.63, 3.8) is 0 Å². The largest absolute Gasteiger partial charge is 0.278 e. The van der Waals surface area contributed by atoms with E-state index in [9.17, 15) is 21.2 Å². The van der Waals surface area contributed by atoms with Crippen LogP contribution in [0, 0.1) is 5.82 Å². The van der Waals surface area contributed by atoms with Crippen LogP contribution in [0.2, 0.25) is 5.02 Å². The van der Waals surface area contributed by atoms with Crippen LogP contribution in [-0.4, -0.2) is 16.8 Å². The van der Waals surface area contributed by atoms with Gasteiger partial charge in [0.05, 0.1) is 10.7 Å². The van der Waals surface area contributed by atoms with Gasteiger partial charge in [-0.15, -0.1) is 0 Å². The quantitative estimate of drug-likeness (QED) is 0.864.